The van der Waals surface area contributed by atoms with Crippen LogP contribution in [0.2, 0.25) is 5.02 Å². The first-order valence-electron chi connectivity index (χ1n) is 9.73. The van der Waals surface area contributed by atoms with Crippen LogP contribution in [-0.4, -0.2) is 41.2 Å². The molecule has 4 aromatic rings. The number of anilines is 4. The van der Waals surface area contributed by atoms with Crippen molar-refractivity contribution in [3.63, 3.8) is 0 Å². The second kappa shape index (κ2) is 9.82. The Morgan fingerprint density at radius 3 is 2.61 bits per heavy atom. The van der Waals surface area contributed by atoms with Gasteiger partial charge in [0.15, 0.2) is 5.75 Å². The number of hydrogen-bond donors (Lipinski definition) is 2. The third-order valence-electron chi connectivity index (χ3n) is 4.33. The molecular formula is C22H20ClFN6O3. The van der Waals surface area contributed by atoms with Gasteiger partial charge in [-0.3, -0.25) is 4.98 Å². The van der Waals surface area contributed by atoms with Gasteiger partial charge in [0, 0.05) is 37.4 Å². The maximum Gasteiger partial charge on any atom is 0.229 e. The van der Waals surface area contributed by atoms with Gasteiger partial charge in [-0.25, -0.2) is 9.37 Å². The van der Waals surface area contributed by atoms with Crippen LogP contribution in [0.5, 0.6) is 11.5 Å². The van der Waals surface area contributed by atoms with Crippen molar-refractivity contribution < 1.29 is 19.0 Å². The van der Waals surface area contributed by atoms with E-state index in [1.165, 1.54) is 24.3 Å². The van der Waals surface area contributed by atoms with Crippen LogP contribution in [0.1, 0.15) is 0 Å². The molecule has 33 heavy (non-hydrogen) atoms. The monoisotopic (exact) mass is 470 g/mol. The van der Waals surface area contributed by atoms with E-state index in [1.54, 1.807) is 56.8 Å². The number of benzene rings is 2. The summed E-state index contributed by atoms with van der Waals surface area (Å²) in [5, 5.41) is 8.48. The van der Waals surface area contributed by atoms with E-state index in [2.05, 4.69) is 25.6 Å². The molecule has 170 valence electrons. The van der Waals surface area contributed by atoms with Crippen LogP contribution >= 0.6 is 11.6 Å². The van der Waals surface area contributed by atoms with Gasteiger partial charge in [-0.15, -0.1) is 0 Å². The minimum Gasteiger partial charge on any atom is -0.493 e. The molecule has 0 bridgehead atoms. The second-order valence-electron chi connectivity index (χ2n) is 7.03. The lowest BCUT2D eigenvalue weighted by Crippen LogP contribution is -2.15. The molecule has 0 atom stereocenters. The topological polar surface area (TPSA) is 93.7 Å². The third-order valence-corrected chi connectivity index (χ3v) is 4.61. The predicted octanol–water partition coefficient (Wildman–Crippen LogP) is 5.10. The molecule has 0 spiro atoms. The molecule has 0 fully saturated rings. The Balaban J connectivity index is 1.51. The summed E-state index contributed by atoms with van der Waals surface area (Å²) in [4.78, 5) is 23.2. The Hall–Kier alpha value is -3.73. The van der Waals surface area contributed by atoms with Gasteiger partial charge in [-0.2, -0.15) is 10.0 Å². The molecule has 9 nitrogen and oxygen atoms in total. The van der Waals surface area contributed by atoms with Crippen molar-refractivity contribution in [3.05, 3.63) is 65.7 Å². The van der Waals surface area contributed by atoms with Crippen molar-refractivity contribution in [1.29, 1.82) is 0 Å². The fourth-order valence-corrected chi connectivity index (χ4v) is 3.20. The normalized spacial score (nSPS) is 11.0. The van der Waals surface area contributed by atoms with Crippen LogP contribution in [-0.2, 0) is 4.99 Å². The zero-order valence-corrected chi connectivity index (χ0v) is 18.7. The van der Waals surface area contributed by atoms with E-state index in [0.717, 1.165) is 0 Å². The summed E-state index contributed by atoms with van der Waals surface area (Å²) in [7, 11) is 4.92. The summed E-state index contributed by atoms with van der Waals surface area (Å²) in [5.41, 5.74) is 1.82. The summed E-state index contributed by atoms with van der Waals surface area (Å²) >= 11 is 6.06. The number of hydrogen-bond acceptors (Lipinski definition) is 9. The van der Waals surface area contributed by atoms with Crippen LogP contribution in [0, 0.1) is 5.82 Å². The Bertz CT molecular complexity index is 1290. The van der Waals surface area contributed by atoms with E-state index in [4.69, 9.17) is 26.2 Å². The maximum atomic E-state index is 13.7. The fraction of sp³-hybridized carbons (Fsp3) is 0.136. The SMILES string of the molecule is COc1cc(Nc2nccc(Nc3cnc4c(Cl)cc(F)cc4c3)n2)ccc1OON(C)C. The number of aromatic nitrogens is 3. The first-order valence-corrected chi connectivity index (χ1v) is 10.1. The van der Waals surface area contributed by atoms with Gasteiger partial charge in [-0.1, -0.05) is 16.6 Å². The van der Waals surface area contributed by atoms with Crippen LogP contribution in [0.3, 0.4) is 0 Å². The summed E-state index contributed by atoms with van der Waals surface area (Å²) < 4.78 is 19.0. The van der Waals surface area contributed by atoms with Gasteiger partial charge in [0.05, 0.1) is 29.5 Å². The molecule has 0 aliphatic rings. The van der Waals surface area contributed by atoms with Crippen LogP contribution in [0.15, 0.2) is 54.9 Å². The highest BCUT2D eigenvalue weighted by molar-refractivity contribution is 6.35. The van der Waals surface area contributed by atoms with Crippen molar-refractivity contribution in [2.24, 2.45) is 0 Å². The lowest BCUT2D eigenvalue weighted by atomic mass is 10.2. The van der Waals surface area contributed by atoms with Gasteiger partial charge in [0.25, 0.3) is 0 Å². The molecule has 0 saturated heterocycles. The van der Waals surface area contributed by atoms with Crippen LogP contribution < -0.4 is 20.3 Å². The van der Waals surface area contributed by atoms with E-state index in [-0.39, 0.29) is 5.02 Å². The Morgan fingerprint density at radius 2 is 1.82 bits per heavy atom. The molecule has 4 rings (SSSR count). The molecule has 0 aliphatic carbocycles. The molecule has 2 heterocycles. The average molecular weight is 471 g/mol. The third kappa shape index (κ3) is 5.55. The number of methoxy groups -OCH3 is 1. The summed E-state index contributed by atoms with van der Waals surface area (Å²) in [6.07, 6.45) is 3.20. The summed E-state index contributed by atoms with van der Waals surface area (Å²) in [5.74, 6) is 1.31. The standard InChI is InChI=1S/C22H20ClFN6O3/c1-30(2)33-32-18-5-4-15(11-19(18)31-3)28-22-25-7-6-20(29-22)27-16-9-13-8-14(24)10-17(23)21(13)26-12-16/h4-12H,1-3H3,(H2,25,27,28,29). The molecule has 0 amide bonds. The molecule has 2 aromatic carbocycles. The van der Waals surface area contributed by atoms with Gasteiger partial charge in [-0.05, 0) is 36.4 Å². The highest BCUT2D eigenvalue weighted by atomic mass is 35.5. The number of hydroxylamine groups is 2. The van der Waals surface area contributed by atoms with Gasteiger partial charge < -0.3 is 20.3 Å². The summed E-state index contributed by atoms with van der Waals surface area (Å²) in [6, 6.07) is 11.2. The molecule has 2 aromatic heterocycles. The van der Waals surface area contributed by atoms with Crippen LogP contribution in [0.4, 0.5) is 27.5 Å². The van der Waals surface area contributed by atoms with Crippen molar-refractivity contribution in [2.45, 2.75) is 0 Å². The first kappa shape index (κ1) is 22.5. The highest BCUT2D eigenvalue weighted by Gasteiger charge is 2.10. The predicted molar refractivity (Wildman–Crippen MR) is 124 cm³/mol. The fourth-order valence-electron chi connectivity index (χ4n) is 2.93. The first-order chi connectivity index (χ1) is 15.9. The van der Waals surface area contributed by atoms with E-state index < -0.39 is 5.82 Å². The second-order valence-corrected chi connectivity index (χ2v) is 7.44. The van der Waals surface area contributed by atoms with Gasteiger partial charge >= 0.3 is 0 Å². The number of nitrogens with zero attached hydrogens (tertiary/aromatic N) is 4. The number of rotatable bonds is 8. The largest absolute Gasteiger partial charge is 0.493 e. The quantitative estimate of drug-likeness (QED) is 0.269. The lowest BCUT2D eigenvalue weighted by molar-refractivity contribution is -0.349. The summed E-state index contributed by atoms with van der Waals surface area (Å²) in [6.45, 7) is 0. The maximum absolute atomic E-state index is 13.7. The number of nitrogens with one attached hydrogen (secondary N) is 2. The van der Waals surface area contributed by atoms with Gasteiger partial charge in [0.2, 0.25) is 11.7 Å². The minimum atomic E-state index is -0.430. The molecule has 0 saturated carbocycles. The van der Waals surface area contributed by atoms with Crippen molar-refractivity contribution in [1.82, 2.24) is 20.0 Å². The number of halogens is 2. The van der Waals surface area contributed by atoms with Crippen molar-refractivity contribution in [3.8, 4) is 11.5 Å². The Kier molecular flexibility index (Phi) is 6.68. The van der Waals surface area contributed by atoms with E-state index in [9.17, 15) is 4.39 Å². The smallest absolute Gasteiger partial charge is 0.229 e. The zero-order chi connectivity index (χ0) is 23.4. The van der Waals surface area contributed by atoms with Gasteiger partial charge in [0.1, 0.15) is 11.6 Å². The molecule has 11 heteroatoms. The number of ether oxygens (including phenoxy) is 1. The number of pyridine rings is 1. The van der Waals surface area contributed by atoms with Crippen molar-refractivity contribution in [2.75, 3.05) is 31.8 Å². The highest BCUT2D eigenvalue weighted by Crippen LogP contribution is 2.31. The van der Waals surface area contributed by atoms with Crippen LogP contribution in [0.25, 0.3) is 10.9 Å². The molecule has 2 N–H and O–H groups in total. The van der Waals surface area contributed by atoms with E-state index >= 15 is 0 Å². The Morgan fingerprint density at radius 1 is 0.970 bits per heavy atom. The lowest BCUT2D eigenvalue weighted by Gasteiger charge is -2.13. The zero-order valence-electron chi connectivity index (χ0n) is 18.0. The van der Waals surface area contributed by atoms with E-state index in [0.29, 0.717) is 45.5 Å². The number of fused-ring (bicyclic) bond motifs is 1. The Labute approximate surface area is 194 Å². The molecular weight excluding hydrogens is 451 g/mol. The average Bonchev–Trinajstić information content (AvgIpc) is 2.78. The molecule has 0 unspecified atom stereocenters. The minimum absolute atomic E-state index is 0.255. The molecule has 0 aliphatic heterocycles. The molecule has 0 radical (unpaired) electrons. The van der Waals surface area contributed by atoms with E-state index in [1.807, 2.05) is 0 Å². The van der Waals surface area contributed by atoms with Crippen molar-refractivity contribution >= 4 is 45.6 Å².